The molecule has 1 aromatic heterocycles. The molecule has 5 rings (SSSR count). The molecule has 0 saturated carbocycles. The van der Waals surface area contributed by atoms with Crippen molar-refractivity contribution in [2.45, 2.75) is 6.04 Å². The maximum absolute atomic E-state index is 13.5. The number of carbonyl (C=O) groups is 2. The van der Waals surface area contributed by atoms with Crippen LogP contribution in [0.2, 0.25) is 5.02 Å². The molecule has 0 bridgehead atoms. The highest BCUT2D eigenvalue weighted by Gasteiger charge is 2.48. The number of aromatic nitrogens is 1. The Morgan fingerprint density at radius 2 is 1.68 bits per heavy atom. The number of ether oxygens (including phenoxy) is 3. The number of methoxy groups -OCH3 is 3. The second-order valence-electron chi connectivity index (χ2n) is 8.12. The molecule has 3 aromatic carbocycles. The van der Waals surface area contributed by atoms with E-state index in [1.54, 1.807) is 61.7 Å². The molecule has 1 N–H and O–H groups in total. The summed E-state index contributed by atoms with van der Waals surface area (Å²) >= 11 is 7.25. The monoisotopic (exact) mass is 536 g/mol. The molecule has 0 unspecified atom stereocenters. The zero-order valence-electron chi connectivity index (χ0n) is 20.0. The van der Waals surface area contributed by atoms with Crippen molar-refractivity contribution in [3.05, 3.63) is 82.4 Å². The SMILES string of the molecule is COc1ccc2nc(N3C(=O)C(=O)C(=C(O)c4ccc(Cl)cc4)[C@@H]3c3ccc(OC)c(OC)c3)sc2c1. The zero-order valence-corrected chi connectivity index (χ0v) is 21.6. The second kappa shape index (κ2) is 9.76. The molecule has 37 heavy (non-hydrogen) atoms. The van der Waals surface area contributed by atoms with E-state index in [9.17, 15) is 14.7 Å². The number of halogens is 1. The number of Topliss-reactive ketones (excluding diaryl/α,β-unsaturated/α-hetero) is 1. The molecule has 0 spiro atoms. The van der Waals surface area contributed by atoms with Gasteiger partial charge in [-0.1, -0.05) is 29.0 Å². The topological polar surface area (TPSA) is 98.2 Å². The van der Waals surface area contributed by atoms with Crippen LogP contribution in [-0.4, -0.2) is 43.1 Å². The maximum atomic E-state index is 13.5. The van der Waals surface area contributed by atoms with Gasteiger partial charge in [0, 0.05) is 10.6 Å². The maximum Gasteiger partial charge on any atom is 0.301 e. The minimum atomic E-state index is -0.974. The van der Waals surface area contributed by atoms with E-state index in [0.29, 0.717) is 44.0 Å². The van der Waals surface area contributed by atoms with E-state index < -0.39 is 17.7 Å². The van der Waals surface area contributed by atoms with Crippen LogP contribution in [0, 0.1) is 0 Å². The summed E-state index contributed by atoms with van der Waals surface area (Å²) in [7, 11) is 4.57. The van der Waals surface area contributed by atoms with Crippen LogP contribution in [0.15, 0.2) is 66.2 Å². The molecular formula is C27H21ClN2O6S. The van der Waals surface area contributed by atoms with E-state index >= 15 is 0 Å². The number of aliphatic hydroxyl groups is 1. The number of hydrogen-bond donors (Lipinski definition) is 1. The third-order valence-electron chi connectivity index (χ3n) is 6.08. The highest BCUT2D eigenvalue weighted by atomic mass is 35.5. The van der Waals surface area contributed by atoms with E-state index in [0.717, 1.165) is 4.70 Å². The molecular weight excluding hydrogens is 516 g/mol. The number of anilines is 1. The van der Waals surface area contributed by atoms with Crippen molar-refractivity contribution in [1.29, 1.82) is 0 Å². The predicted octanol–water partition coefficient (Wildman–Crippen LogP) is 5.60. The van der Waals surface area contributed by atoms with Crippen molar-refractivity contribution >= 4 is 55.7 Å². The number of fused-ring (bicyclic) bond motifs is 1. The average molecular weight is 537 g/mol. The van der Waals surface area contributed by atoms with Crippen LogP contribution in [0.1, 0.15) is 17.2 Å². The first-order chi connectivity index (χ1) is 17.9. The summed E-state index contributed by atoms with van der Waals surface area (Å²) in [5.74, 6) is -0.423. The summed E-state index contributed by atoms with van der Waals surface area (Å²) in [5.41, 5.74) is 1.45. The number of ketones is 1. The van der Waals surface area contributed by atoms with Crippen molar-refractivity contribution in [1.82, 2.24) is 4.98 Å². The number of rotatable bonds is 6. The third kappa shape index (κ3) is 4.26. The van der Waals surface area contributed by atoms with Crippen LogP contribution in [0.4, 0.5) is 5.13 Å². The fraction of sp³-hybridized carbons (Fsp3) is 0.148. The number of aliphatic hydroxyl groups excluding tert-OH is 1. The molecule has 1 atom stereocenters. The Balaban J connectivity index is 1.73. The molecule has 8 nitrogen and oxygen atoms in total. The predicted molar refractivity (Wildman–Crippen MR) is 142 cm³/mol. The van der Waals surface area contributed by atoms with E-state index in [4.69, 9.17) is 25.8 Å². The standard InChI is InChI=1S/C27H21ClN2O6S/c1-34-17-9-10-18-21(13-17)37-27(29-18)30-23(15-6-11-19(35-2)20(12-15)36-3)22(25(32)26(30)33)24(31)14-4-7-16(28)8-5-14/h4-13,23,31H,1-3H3/t23-/m0/s1. The lowest BCUT2D eigenvalue weighted by molar-refractivity contribution is -0.132. The number of amides is 1. The van der Waals surface area contributed by atoms with Crippen LogP contribution >= 0.6 is 22.9 Å². The average Bonchev–Trinajstić information content (AvgIpc) is 3.45. The van der Waals surface area contributed by atoms with Crippen molar-refractivity contribution in [2.24, 2.45) is 0 Å². The number of benzene rings is 3. The molecule has 0 radical (unpaired) electrons. The first-order valence-corrected chi connectivity index (χ1v) is 12.3. The minimum absolute atomic E-state index is 0.0728. The summed E-state index contributed by atoms with van der Waals surface area (Å²) in [4.78, 5) is 32.8. The first kappa shape index (κ1) is 24.6. The van der Waals surface area contributed by atoms with Crippen LogP contribution in [0.3, 0.4) is 0 Å². The van der Waals surface area contributed by atoms with Crippen LogP contribution in [0.5, 0.6) is 17.2 Å². The molecule has 1 saturated heterocycles. The quantitative estimate of drug-likeness (QED) is 0.194. The molecule has 1 aliphatic heterocycles. The highest BCUT2D eigenvalue weighted by molar-refractivity contribution is 7.22. The normalized spacial score (nSPS) is 16.9. The van der Waals surface area contributed by atoms with Gasteiger partial charge in [0.05, 0.1) is 43.2 Å². The Bertz CT molecular complexity index is 1560. The van der Waals surface area contributed by atoms with Gasteiger partial charge in [-0.15, -0.1) is 0 Å². The summed E-state index contributed by atoms with van der Waals surface area (Å²) in [6.45, 7) is 0. The van der Waals surface area contributed by atoms with Gasteiger partial charge in [-0.3, -0.25) is 14.5 Å². The van der Waals surface area contributed by atoms with Crippen molar-refractivity contribution in [3.63, 3.8) is 0 Å². The van der Waals surface area contributed by atoms with E-state index in [1.807, 2.05) is 6.07 Å². The van der Waals surface area contributed by atoms with Gasteiger partial charge in [0.2, 0.25) is 0 Å². The lowest BCUT2D eigenvalue weighted by Crippen LogP contribution is -2.29. The lowest BCUT2D eigenvalue weighted by Gasteiger charge is -2.23. The number of hydrogen-bond acceptors (Lipinski definition) is 8. The lowest BCUT2D eigenvalue weighted by atomic mass is 9.95. The Morgan fingerprint density at radius 1 is 0.946 bits per heavy atom. The highest BCUT2D eigenvalue weighted by Crippen LogP contribution is 2.46. The summed E-state index contributed by atoms with van der Waals surface area (Å²) in [6, 6.07) is 15.8. The van der Waals surface area contributed by atoms with Crippen LogP contribution in [-0.2, 0) is 9.59 Å². The van der Waals surface area contributed by atoms with Gasteiger partial charge in [0.15, 0.2) is 16.6 Å². The summed E-state index contributed by atoms with van der Waals surface area (Å²) < 4.78 is 16.9. The number of thiazole rings is 1. The largest absolute Gasteiger partial charge is 0.507 e. The summed E-state index contributed by atoms with van der Waals surface area (Å²) in [6.07, 6.45) is 0. The molecule has 1 fully saturated rings. The third-order valence-corrected chi connectivity index (χ3v) is 7.35. The van der Waals surface area contributed by atoms with Crippen molar-refractivity contribution in [2.75, 3.05) is 26.2 Å². The smallest absolute Gasteiger partial charge is 0.301 e. The van der Waals surface area contributed by atoms with Gasteiger partial charge in [-0.2, -0.15) is 0 Å². The molecule has 1 aliphatic rings. The van der Waals surface area contributed by atoms with Crippen molar-refractivity contribution in [3.8, 4) is 17.2 Å². The Morgan fingerprint density at radius 3 is 2.35 bits per heavy atom. The van der Waals surface area contributed by atoms with Gasteiger partial charge in [-0.25, -0.2) is 4.98 Å². The first-order valence-electron chi connectivity index (χ1n) is 11.1. The van der Waals surface area contributed by atoms with Crippen LogP contribution in [0.25, 0.3) is 16.0 Å². The molecule has 10 heteroatoms. The Labute approximate surface area is 221 Å². The van der Waals surface area contributed by atoms with E-state index in [2.05, 4.69) is 4.98 Å². The van der Waals surface area contributed by atoms with Gasteiger partial charge in [0.1, 0.15) is 11.5 Å². The minimum Gasteiger partial charge on any atom is -0.507 e. The Hall–Kier alpha value is -4.08. The fourth-order valence-electron chi connectivity index (χ4n) is 4.25. The number of nitrogens with zero attached hydrogens (tertiary/aromatic N) is 2. The second-order valence-corrected chi connectivity index (χ2v) is 9.57. The van der Waals surface area contributed by atoms with Gasteiger partial charge in [-0.05, 0) is 60.2 Å². The van der Waals surface area contributed by atoms with Gasteiger partial charge in [0.25, 0.3) is 5.78 Å². The van der Waals surface area contributed by atoms with Crippen LogP contribution < -0.4 is 19.1 Å². The molecule has 2 heterocycles. The van der Waals surface area contributed by atoms with Gasteiger partial charge >= 0.3 is 5.91 Å². The van der Waals surface area contributed by atoms with Crippen molar-refractivity contribution < 1.29 is 28.9 Å². The summed E-state index contributed by atoms with van der Waals surface area (Å²) in [5, 5.41) is 12.1. The molecule has 1 amide bonds. The fourth-order valence-corrected chi connectivity index (χ4v) is 5.40. The van der Waals surface area contributed by atoms with E-state index in [-0.39, 0.29) is 11.3 Å². The zero-order chi connectivity index (χ0) is 26.3. The Kier molecular flexibility index (Phi) is 6.49. The van der Waals surface area contributed by atoms with E-state index in [1.165, 1.54) is 30.5 Å². The molecule has 4 aromatic rings. The molecule has 0 aliphatic carbocycles. The van der Waals surface area contributed by atoms with Gasteiger partial charge < -0.3 is 19.3 Å². The molecule has 188 valence electrons. The number of carbonyl (C=O) groups excluding carboxylic acids is 2.